The van der Waals surface area contributed by atoms with Gasteiger partial charge < -0.3 is 0 Å². The highest BCUT2D eigenvalue weighted by atomic mass is 14.9. The number of aromatic nitrogens is 6. The summed E-state index contributed by atoms with van der Waals surface area (Å²) in [4.78, 5) is 0. The molecule has 0 bridgehead atoms. The van der Waals surface area contributed by atoms with Crippen LogP contribution < -0.4 is 27.4 Å². The van der Waals surface area contributed by atoms with E-state index in [0.717, 1.165) is 68.3 Å². The Morgan fingerprint density at radius 3 is 0.942 bits per heavy atom. The summed E-state index contributed by atoms with van der Waals surface area (Å²) in [5, 5.41) is 0. The van der Waals surface area contributed by atoms with Gasteiger partial charge in [0.05, 0.1) is 0 Å². The lowest BCUT2D eigenvalue weighted by Gasteiger charge is -2.18. The average Bonchev–Trinajstić information content (AvgIpc) is 0.788. The molecule has 6 aromatic carbocycles. The maximum Gasteiger partial charge on any atom is 0.212 e. The number of pyridine rings is 6. The van der Waals surface area contributed by atoms with Crippen LogP contribution in [-0.4, -0.2) is 0 Å². The van der Waals surface area contributed by atoms with Gasteiger partial charge in [-0.25, -0.2) is 27.4 Å². The molecule has 0 aliphatic carbocycles. The summed E-state index contributed by atoms with van der Waals surface area (Å²) >= 11 is 0. The molecular formula is C98H124N6+6. The SMILES string of the molecule is Cc1ccccc1-c1cc(CC(C)(C)C)cc[n+]1C.[2H]C([2H])(C)c1cc[n+](C)c(-c2ccccc2C)c1.[2H]C([2H])(C)c1ccc(-c2ccccc2C)[n+](C)c1.[2H]C([2H])([2H])C([2H])(C)c1ccc(-c2ccccc2C)[n+](C)c1.[2H]C([2H])(c1cc[n+](C)c(-c2ccccc2C)c1)C(C)C.[2H]C([2H])(c1ccc(-c2ccccc2C)[n+](C)c1)C(C)C. The Morgan fingerprint density at radius 2 is 0.615 bits per heavy atom. The molecule has 6 heterocycles. The summed E-state index contributed by atoms with van der Waals surface area (Å²) < 4.78 is 107. The van der Waals surface area contributed by atoms with Gasteiger partial charge in [-0.15, -0.1) is 0 Å². The summed E-state index contributed by atoms with van der Waals surface area (Å²) in [5.41, 5.74) is 26.1. The first kappa shape index (κ1) is 65.0. The third kappa shape index (κ3) is 23.9. The molecule has 6 heteroatoms. The van der Waals surface area contributed by atoms with Gasteiger partial charge in [0.15, 0.2) is 37.2 Å². The van der Waals surface area contributed by atoms with Gasteiger partial charge in [0.25, 0.3) is 0 Å². The van der Waals surface area contributed by atoms with Crippen molar-refractivity contribution in [3.05, 3.63) is 322 Å². The number of nitrogens with zero attached hydrogens (tertiary/aromatic N) is 6. The monoisotopic (exact) mass is 1400 g/mol. The van der Waals surface area contributed by atoms with Crippen LogP contribution >= 0.6 is 0 Å². The average molecular weight is 1400 g/mol. The highest BCUT2D eigenvalue weighted by molar-refractivity contribution is 5.65. The van der Waals surface area contributed by atoms with Crippen LogP contribution in [0.15, 0.2) is 256 Å². The van der Waals surface area contributed by atoms with E-state index in [1.807, 2.05) is 245 Å². The third-order valence-electron chi connectivity index (χ3n) is 18.1. The fourth-order valence-corrected chi connectivity index (χ4v) is 12.5. The number of rotatable bonds is 14. The van der Waals surface area contributed by atoms with E-state index >= 15 is 0 Å². The highest BCUT2D eigenvalue weighted by Gasteiger charge is 2.20. The number of aryl methyl sites for hydroxylation is 14. The molecule has 540 valence electrons. The first-order chi connectivity index (χ1) is 54.0. The van der Waals surface area contributed by atoms with Gasteiger partial charge in [-0.1, -0.05) is 185 Å². The molecule has 0 fully saturated rings. The number of hydrogen-bond acceptors (Lipinski definition) is 0. The second-order valence-corrected chi connectivity index (χ2v) is 28.9. The molecule has 0 amide bonds. The molecule has 0 saturated carbocycles. The highest BCUT2D eigenvalue weighted by Crippen LogP contribution is 2.28. The van der Waals surface area contributed by atoms with Crippen molar-refractivity contribution in [2.75, 3.05) is 0 Å². The van der Waals surface area contributed by atoms with Crippen LogP contribution in [0.2, 0.25) is 0 Å². The Labute approximate surface area is 645 Å². The summed E-state index contributed by atoms with van der Waals surface area (Å²) in [6.45, 7) is 29.3. The Kier molecular flexibility index (Phi) is 24.5. The van der Waals surface area contributed by atoms with Crippen molar-refractivity contribution in [2.45, 2.75) is 155 Å². The number of benzene rings is 6. The van der Waals surface area contributed by atoms with Crippen LogP contribution in [0.25, 0.3) is 67.5 Å². The zero-order valence-electron chi connectivity index (χ0n) is 78.3. The fourth-order valence-electron chi connectivity index (χ4n) is 12.5. The molecule has 12 rings (SSSR count). The van der Waals surface area contributed by atoms with Crippen LogP contribution in [0.3, 0.4) is 0 Å². The zero-order valence-corrected chi connectivity index (χ0v) is 66.3. The molecule has 6 nitrogen and oxygen atoms in total. The van der Waals surface area contributed by atoms with Crippen LogP contribution in [0.5, 0.6) is 0 Å². The normalized spacial score (nSPS) is 13.8. The molecule has 1 atom stereocenters. The lowest BCUT2D eigenvalue weighted by Crippen LogP contribution is -2.31. The zero-order chi connectivity index (χ0) is 86.4. The van der Waals surface area contributed by atoms with Crippen molar-refractivity contribution in [1.29, 1.82) is 0 Å². The largest absolute Gasteiger partial charge is 0.212 e. The van der Waals surface area contributed by atoms with Crippen LogP contribution in [-0.2, 0) is 74.2 Å². The Bertz CT molecular complexity index is 5310. The molecule has 0 aliphatic heterocycles. The number of hydrogen-bond donors (Lipinski definition) is 0. The second kappa shape index (κ2) is 39.2. The van der Waals surface area contributed by atoms with Gasteiger partial charge in [0.2, 0.25) is 34.2 Å². The topological polar surface area (TPSA) is 23.3 Å². The molecule has 0 spiro atoms. The van der Waals surface area contributed by atoms with Crippen molar-refractivity contribution in [1.82, 2.24) is 0 Å². The minimum Gasteiger partial charge on any atom is -0.201 e. The minimum absolute atomic E-state index is 0.0492. The van der Waals surface area contributed by atoms with Gasteiger partial charge in [0.1, 0.15) is 42.3 Å². The molecular weight excluding hydrogens is 1260 g/mol. The van der Waals surface area contributed by atoms with Crippen LogP contribution in [0.1, 0.15) is 165 Å². The summed E-state index contributed by atoms with van der Waals surface area (Å²) in [6.07, 6.45) is 7.40. The predicted octanol–water partition coefficient (Wildman–Crippen LogP) is 21.2. The maximum atomic E-state index is 8.26. The quantitative estimate of drug-likeness (QED) is 0.0969. The van der Waals surface area contributed by atoms with Crippen LogP contribution in [0.4, 0.5) is 0 Å². The van der Waals surface area contributed by atoms with E-state index in [9.17, 15) is 0 Å². The first-order valence-electron chi connectivity index (χ1n) is 42.3. The Balaban J connectivity index is 0.000000193. The van der Waals surface area contributed by atoms with E-state index in [-0.39, 0.29) is 11.8 Å². The van der Waals surface area contributed by atoms with Gasteiger partial charge in [-0.2, -0.15) is 0 Å². The molecule has 0 saturated heterocycles. The van der Waals surface area contributed by atoms with Crippen molar-refractivity contribution in [3.63, 3.8) is 0 Å². The lowest BCUT2D eigenvalue weighted by molar-refractivity contribution is -0.661. The lowest BCUT2D eigenvalue weighted by atomic mass is 9.88. The van der Waals surface area contributed by atoms with E-state index in [4.69, 9.17) is 16.4 Å². The first-order valence-corrected chi connectivity index (χ1v) is 36.3. The van der Waals surface area contributed by atoms with Gasteiger partial charge >= 0.3 is 0 Å². The van der Waals surface area contributed by atoms with Crippen molar-refractivity contribution >= 4 is 0 Å². The van der Waals surface area contributed by atoms with E-state index < -0.39 is 38.2 Å². The second-order valence-electron chi connectivity index (χ2n) is 28.9. The molecule has 0 N–H and O–H groups in total. The summed E-state index contributed by atoms with van der Waals surface area (Å²) in [7, 11) is 11.9. The van der Waals surface area contributed by atoms with E-state index in [1.165, 1.54) is 62.7 Å². The van der Waals surface area contributed by atoms with E-state index in [1.54, 1.807) is 26.1 Å². The van der Waals surface area contributed by atoms with E-state index in [2.05, 4.69) is 158 Å². The van der Waals surface area contributed by atoms with Crippen molar-refractivity contribution in [3.8, 4) is 67.5 Å². The maximum absolute atomic E-state index is 8.26. The standard InChI is InChI=1S/C18H24N.2C17H22N.C16H20N.2C15H18N/c1-14-8-6-7-9-16(14)17-12-15(10-11-19(17)5)13-18(2,3)4;1-13(2)11-15-9-10-18(4)17(12-15)16-8-6-5-7-14(16)3;1-13(2)11-15-9-10-17(18(4)12-15)16-8-6-5-7-14(16)3;1-12(2)14-9-10-16(17(4)11-14)15-8-6-5-7-13(15)3;1-4-13-9-10-16(3)15(11-13)14-8-6-5-7-12(14)2;1-4-13-9-10-15(16(3)11-13)14-8-6-5-7-12(14)2/h6-12H,13H2,1-5H3;2*5-10,12-13H,11H2,1-4H3;5-12H,1-4H3;2*5-11H,4H2,1-3H3/q6*+1/i;2*11D2;1D3,12D;2*4D2. The van der Waals surface area contributed by atoms with Crippen LogP contribution in [0, 0.1) is 58.8 Å². The van der Waals surface area contributed by atoms with Gasteiger partial charge in [-0.05, 0) is 201 Å². The Hall–Kier alpha value is -9.78. The van der Waals surface area contributed by atoms with Crippen molar-refractivity contribution in [2.24, 2.45) is 59.5 Å². The van der Waals surface area contributed by atoms with Gasteiger partial charge in [0, 0.05) is 121 Å². The third-order valence-corrected chi connectivity index (χ3v) is 18.1. The molecule has 0 radical (unpaired) electrons. The predicted molar refractivity (Wildman–Crippen MR) is 440 cm³/mol. The summed E-state index contributed by atoms with van der Waals surface area (Å²) in [5.74, 6) is -1.72. The molecule has 6 aromatic heterocycles. The molecule has 1 unspecified atom stereocenters. The fraction of sp³-hybridized carbons (Fsp3) is 0.327. The summed E-state index contributed by atoms with van der Waals surface area (Å²) in [6, 6.07) is 73.0. The van der Waals surface area contributed by atoms with Crippen molar-refractivity contribution < 1.29 is 43.9 Å². The van der Waals surface area contributed by atoms with Gasteiger partial charge in [-0.3, -0.25) is 0 Å². The Morgan fingerprint density at radius 1 is 0.327 bits per heavy atom. The smallest absolute Gasteiger partial charge is 0.201 e. The van der Waals surface area contributed by atoms with E-state index in [0.29, 0.717) is 22.1 Å². The molecule has 0 aliphatic rings. The minimum atomic E-state index is -2.36. The molecule has 104 heavy (non-hydrogen) atoms. The molecule has 12 aromatic rings.